The number of aryl methyl sites for hydroxylation is 2. The number of nitrogens with zero attached hydrogens (tertiary/aromatic N) is 4. The van der Waals surface area contributed by atoms with Crippen LogP contribution in [0.3, 0.4) is 0 Å². The molecule has 0 bridgehead atoms. The van der Waals surface area contributed by atoms with Crippen molar-refractivity contribution in [2.24, 2.45) is 7.05 Å². The molecule has 0 spiro atoms. The van der Waals surface area contributed by atoms with Crippen LogP contribution in [-0.2, 0) is 20.2 Å². The summed E-state index contributed by atoms with van der Waals surface area (Å²) in [5, 5.41) is 2.90. The fraction of sp³-hybridized carbons (Fsp3) is 0.312. The molecule has 0 atom stereocenters. The summed E-state index contributed by atoms with van der Waals surface area (Å²) in [4.78, 5) is 19.9. The molecular formula is C16H19N5O3. The Morgan fingerprint density at radius 3 is 2.79 bits per heavy atom. The maximum atomic E-state index is 11.8. The molecule has 0 saturated heterocycles. The van der Waals surface area contributed by atoms with E-state index in [0.717, 1.165) is 16.8 Å². The second-order valence-electron chi connectivity index (χ2n) is 5.39. The third kappa shape index (κ3) is 3.03. The largest absolute Gasteiger partial charge is 0.496 e. The van der Waals surface area contributed by atoms with Crippen LogP contribution in [0.1, 0.15) is 16.8 Å². The topological polar surface area (TPSA) is 87.0 Å². The van der Waals surface area contributed by atoms with Gasteiger partial charge >= 0.3 is 5.69 Å². The van der Waals surface area contributed by atoms with Crippen molar-refractivity contribution in [1.29, 1.82) is 0 Å². The lowest BCUT2D eigenvalue weighted by Crippen LogP contribution is -2.41. The number of methoxy groups -OCH3 is 1. The summed E-state index contributed by atoms with van der Waals surface area (Å²) in [6.45, 7) is 2.58. The number of hydrogen-bond donors (Lipinski definition) is 1. The summed E-state index contributed by atoms with van der Waals surface area (Å²) >= 11 is 0. The first kappa shape index (κ1) is 15.9. The molecule has 0 aliphatic heterocycles. The van der Waals surface area contributed by atoms with Crippen LogP contribution in [0.2, 0.25) is 0 Å². The van der Waals surface area contributed by atoms with Gasteiger partial charge in [0.05, 0.1) is 25.5 Å². The van der Waals surface area contributed by atoms with Crippen LogP contribution in [0.25, 0.3) is 0 Å². The average Bonchev–Trinajstić information content (AvgIpc) is 2.61. The normalized spacial score (nSPS) is 10.8. The molecule has 3 aromatic rings. The molecular weight excluding hydrogens is 310 g/mol. The predicted octanol–water partition coefficient (Wildman–Crippen LogP) is 1.25. The van der Waals surface area contributed by atoms with E-state index in [4.69, 9.17) is 9.47 Å². The highest BCUT2D eigenvalue weighted by atomic mass is 16.5. The molecule has 0 aliphatic carbocycles. The number of ether oxygens (including phenoxy) is 2. The maximum Gasteiger partial charge on any atom is 0.359 e. The van der Waals surface area contributed by atoms with Gasteiger partial charge in [-0.1, -0.05) is 12.1 Å². The number of aromatic amines is 1. The quantitative estimate of drug-likeness (QED) is 0.735. The Labute approximate surface area is 138 Å². The lowest BCUT2D eigenvalue weighted by molar-refractivity contribution is 0.289. The van der Waals surface area contributed by atoms with E-state index in [1.165, 1.54) is 15.7 Å². The highest BCUT2D eigenvalue weighted by Gasteiger charge is 2.14. The second-order valence-corrected chi connectivity index (χ2v) is 5.39. The van der Waals surface area contributed by atoms with Crippen molar-refractivity contribution in [1.82, 2.24) is 24.5 Å². The van der Waals surface area contributed by atoms with Crippen molar-refractivity contribution in [3.63, 3.8) is 0 Å². The molecule has 8 heteroatoms. The summed E-state index contributed by atoms with van der Waals surface area (Å²) in [7, 11) is 3.28. The molecule has 0 radical (unpaired) electrons. The molecule has 2 heterocycles. The molecule has 0 saturated carbocycles. The number of benzene rings is 1. The van der Waals surface area contributed by atoms with Gasteiger partial charge in [0.2, 0.25) is 0 Å². The Bertz CT molecular complexity index is 893. The molecule has 126 valence electrons. The molecule has 1 N–H and O–H groups in total. The van der Waals surface area contributed by atoms with E-state index in [1.807, 2.05) is 25.1 Å². The van der Waals surface area contributed by atoms with Crippen molar-refractivity contribution >= 4 is 0 Å². The molecule has 8 nitrogen and oxygen atoms in total. The summed E-state index contributed by atoms with van der Waals surface area (Å²) in [6, 6.07) is 5.71. The molecule has 24 heavy (non-hydrogen) atoms. The van der Waals surface area contributed by atoms with Crippen LogP contribution in [-0.4, -0.2) is 31.7 Å². The van der Waals surface area contributed by atoms with Crippen LogP contribution >= 0.6 is 0 Å². The Morgan fingerprint density at radius 2 is 2.12 bits per heavy atom. The molecule has 1 aromatic carbocycles. The number of H-pyrrole nitrogens is 1. The zero-order valence-corrected chi connectivity index (χ0v) is 13.8. The Morgan fingerprint density at radius 1 is 1.29 bits per heavy atom. The van der Waals surface area contributed by atoms with Gasteiger partial charge in [-0.2, -0.15) is 0 Å². The molecule has 2 aromatic heterocycles. The number of hydrogen-bond acceptors (Lipinski definition) is 5. The first-order chi connectivity index (χ1) is 11.6. The van der Waals surface area contributed by atoms with Crippen LogP contribution in [0, 0.1) is 6.92 Å². The van der Waals surface area contributed by atoms with Crippen LogP contribution < -0.4 is 15.2 Å². The smallest absolute Gasteiger partial charge is 0.359 e. The second kappa shape index (κ2) is 6.61. The third-order valence-electron chi connectivity index (χ3n) is 3.81. The lowest BCUT2D eigenvalue weighted by atomic mass is 10.1. The number of aromatic nitrogens is 5. The van der Waals surface area contributed by atoms with E-state index in [9.17, 15) is 4.79 Å². The maximum absolute atomic E-state index is 11.8. The zero-order chi connectivity index (χ0) is 17.1. The molecule has 0 aliphatic rings. The van der Waals surface area contributed by atoms with E-state index in [-0.39, 0.29) is 5.69 Å². The summed E-state index contributed by atoms with van der Waals surface area (Å²) in [5.41, 5.74) is 2.50. The van der Waals surface area contributed by atoms with Crippen LogP contribution in [0.15, 0.2) is 35.5 Å². The van der Waals surface area contributed by atoms with Gasteiger partial charge in [-0.05, 0) is 18.6 Å². The summed E-state index contributed by atoms with van der Waals surface area (Å²) in [6.07, 6.45) is 3.11. The van der Waals surface area contributed by atoms with Gasteiger partial charge in [0, 0.05) is 12.6 Å². The van der Waals surface area contributed by atoms with Gasteiger partial charge in [-0.3, -0.25) is 0 Å². The lowest BCUT2D eigenvalue weighted by Gasteiger charge is -2.18. The van der Waals surface area contributed by atoms with Crippen molar-refractivity contribution in [3.05, 3.63) is 58.0 Å². The average molecular weight is 329 g/mol. The third-order valence-corrected chi connectivity index (χ3v) is 3.81. The van der Waals surface area contributed by atoms with Crippen LogP contribution in [0.4, 0.5) is 0 Å². The Balaban J connectivity index is 1.86. The minimum atomic E-state index is -0.0861. The van der Waals surface area contributed by atoms with E-state index in [1.54, 1.807) is 20.4 Å². The SMILES string of the molecule is COc1cccc(Cn2[nH]n(C)c2=O)c1COc1cncnc1C. The zero-order valence-electron chi connectivity index (χ0n) is 13.8. The minimum absolute atomic E-state index is 0.0861. The molecule has 0 fully saturated rings. The number of rotatable bonds is 6. The Kier molecular flexibility index (Phi) is 4.37. The first-order valence-electron chi connectivity index (χ1n) is 7.46. The van der Waals surface area contributed by atoms with E-state index >= 15 is 0 Å². The predicted molar refractivity (Wildman–Crippen MR) is 87.2 cm³/mol. The highest BCUT2D eigenvalue weighted by molar-refractivity contribution is 5.40. The van der Waals surface area contributed by atoms with E-state index in [0.29, 0.717) is 24.7 Å². The monoisotopic (exact) mass is 329 g/mol. The number of nitrogens with one attached hydrogen (secondary N) is 1. The van der Waals surface area contributed by atoms with Gasteiger partial charge in [0.15, 0.2) is 5.75 Å². The van der Waals surface area contributed by atoms with Gasteiger partial charge in [-0.25, -0.2) is 29.3 Å². The van der Waals surface area contributed by atoms with Gasteiger partial charge in [-0.15, -0.1) is 0 Å². The van der Waals surface area contributed by atoms with Gasteiger partial charge in [0.1, 0.15) is 18.7 Å². The van der Waals surface area contributed by atoms with Crippen LogP contribution in [0.5, 0.6) is 11.5 Å². The van der Waals surface area contributed by atoms with E-state index < -0.39 is 0 Å². The summed E-state index contributed by atoms with van der Waals surface area (Å²) in [5.74, 6) is 1.33. The van der Waals surface area contributed by atoms with Gasteiger partial charge in [0.25, 0.3) is 0 Å². The van der Waals surface area contributed by atoms with Crippen molar-refractivity contribution in [3.8, 4) is 11.5 Å². The molecule has 0 unspecified atom stereocenters. The molecule has 0 amide bonds. The minimum Gasteiger partial charge on any atom is -0.496 e. The first-order valence-corrected chi connectivity index (χ1v) is 7.46. The van der Waals surface area contributed by atoms with Crippen molar-refractivity contribution in [2.45, 2.75) is 20.1 Å². The van der Waals surface area contributed by atoms with Crippen molar-refractivity contribution in [2.75, 3.05) is 7.11 Å². The van der Waals surface area contributed by atoms with Gasteiger partial charge < -0.3 is 9.47 Å². The van der Waals surface area contributed by atoms with Crippen molar-refractivity contribution < 1.29 is 9.47 Å². The fourth-order valence-corrected chi connectivity index (χ4v) is 2.46. The standard InChI is InChI=1S/C16H19N5O3/c1-11-15(7-17-10-18-11)24-9-13-12(5-4-6-14(13)23-3)8-21-16(22)20(2)19-21/h4-7,10,19H,8-9H2,1-3H3. The fourth-order valence-electron chi connectivity index (χ4n) is 2.46. The highest BCUT2D eigenvalue weighted by Crippen LogP contribution is 2.25. The molecule has 3 rings (SSSR count). The summed E-state index contributed by atoms with van der Waals surface area (Å²) < 4.78 is 14.2. The Hall–Kier alpha value is -3.03. The van der Waals surface area contributed by atoms with E-state index in [2.05, 4.69) is 15.2 Å².